The highest BCUT2D eigenvalue weighted by Gasteiger charge is 2.40. The summed E-state index contributed by atoms with van der Waals surface area (Å²) in [5.41, 5.74) is 4.78. The number of carbonyl (C=O) groups excluding carboxylic acids is 1. The summed E-state index contributed by atoms with van der Waals surface area (Å²) < 4.78 is 3.56. The number of hydrogen-bond acceptors (Lipinski definition) is 6. The molecule has 0 radical (unpaired) electrons. The first kappa shape index (κ1) is 22.4. The first-order chi connectivity index (χ1) is 17.1. The molecule has 9 heteroatoms. The molecule has 0 bridgehead atoms. The highest BCUT2D eigenvalue weighted by Crippen LogP contribution is 2.37. The second-order valence-corrected chi connectivity index (χ2v) is 10.8. The molecule has 0 spiro atoms. The Morgan fingerprint density at radius 1 is 1.00 bits per heavy atom. The molecule has 6 rings (SSSR count). The molecule has 2 aliphatic rings. The van der Waals surface area contributed by atoms with Gasteiger partial charge in [-0.25, -0.2) is 9.50 Å². The van der Waals surface area contributed by atoms with Crippen molar-refractivity contribution in [3.63, 3.8) is 0 Å². The van der Waals surface area contributed by atoms with Gasteiger partial charge in [0.15, 0.2) is 5.65 Å². The summed E-state index contributed by atoms with van der Waals surface area (Å²) in [5, 5.41) is 14.1. The fraction of sp³-hybridized carbons (Fsp3) is 0.462. The van der Waals surface area contributed by atoms with Crippen LogP contribution in [0.2, 0.25) is 0 Å². The topological polar surface area (TPSA) is 80.4 Å². The SMILES string of the molecule is Cn1cc(-c2cnc3c(-c4csc(C(=O)NCC5(N6CCCCC6)CCCC5)c4)cnn3c2)cn1. The van der Waals surface area contributed by atoms with E-state index in [4.69, 9.17) is 0 Å². The summed E-state index contributed by atoms with van der Waals surface area (Å²) in [6.45, 7) is 3.08. The van der Waals surface area contributed by atoms with E-state index in [-0.39, 0.29) is 11.4 Å². The zero-order valence-corrected chi connectivity index (χ0v) is 20.9. The standard InChI is InChI=1S/C26H31N7OS/c1-31-15-21(13-29-31)20-12-27-24-22(14-30-33(24)16-20)19-11-23(35-17-19)25(34)28-18-26(7-3-4-8-26)32-9-5-2-6-10-32/h11-17H,2-10,18H2,1H3,(H,28,34). The first-order valence-electron chi connectivity index (χ1n) is 12.6. The number of hydrogen-bond donors (Lipinski definition) is 1. The summed E-state index contributed by atoms with van der Waals surface area (Å²) in [6.07, 6.45) is 18.2. The van der Waals surface area contributed by atoms with Crippen LogP contribution in [0.1, 0.15) is 54.6 Å². The molecular weight excluding hydrogens is 458 g/mol. The Morgan fingerprint density at radius 2 is 1.80 bits per heavy atom. The van der Waals surface area contributed by atoms with E-state index in [1.807, 2.05) is 49.5 Å². The summed E-state index contributed by atoms with van der Waals surface area (Å²) in [4.78, 5) is 21.2. The third-order valence-electron chi connectivity index (χ3n) is 7.67. The number of aromatic nitrogens is 5. The summed E-state index contributed by atoms with van der Waals surface area (Å²) in [5.74, 6) is 0.0211. The lowest BCUT2D eigenvalue weighted by Crippen LogP contribution is -2.55. The van der Waals surface area contributed by atoms with Crippen molar-refractivity contribution < 1.29 is 4.79 Å². The van der Waals surface area contributed by atoms with Crippen LogP contribution in [0.15, 0.2) is 42.4 Å². The van der Waals surface area contributed by atoms with Crippen LogP contribution in [-0.4, -0.2) is 60.4 Å². The van der Waals surface area contributed by atoms with Crippen LogP contribution in [0.25, 0.3) is 27.9 Å². The summed E-state index contributed by atoms with van der Waals surface area (Å²) >= 11 is 1.48. The van der Waals surface area contributed by atoms with E-state index in [1.54, 1.807) is 9.20 Å². The Morgan fingerprint density at radius 3 is 2.57 bits per heavy atom. The van der Waals surface area contributed by atoms with Crippen LogP contribution in [-0.2, 0) is 7.05 Å². The van der Waals surface area contributed by atoms with Gasteiger partial charge >= 0.3 is 0 Å². The van der Waals surface area contributed by atoms with E-state index in [2.05, 4.69) is 25.4 Å². The third kappa shape index (κ3) is 4.27. The van der Waals surface area contributed by atoms with Gasteiger partial charge in [0.05, 0.1) is 17.3 Å². The molecular formula is C26H31N7OS. The number of amides is 1. The molecule has 0 atom stereocenters. The molecule has 1 aliphatic carbocycles. The predicted molar refractivity (Wildman–Crippen MR) is 137 cm³/mol. The number of fused-ring (bicyclic) bond motifs is 1. The normalized spacial score (nSPS) is 18.3. The van der Waals surface area contributed by atoms with Crippen molar-refractivity contribution in [2.75, 3.05) is 19.6 Å². The summed E-state index contributed by atoms with van der Waals surface area (Å²) in [7, 11) is 1.90. The molecule has 1 amide bonds. The van der Waals surface area contributed by atoms with E-state index < -0.39 is 0 Å². The molecule has 1 saturated carbocycles. The van der Waals surface area contributed by atoms with Crippen molar-refractivity contribution in [3.8, 4) is 22.3 Å². The highest BCUT2D eigenvalue weighted by atomic mass is 32.1. The highest BCUT2D eigenvalue weighted by molar-refractivity contribution is 7.12. The van der Waals surface area contributed by atoms with Crippen molar-refractivity contribution in [1.29, 1.82) is 0 Å². The summed E-state index contributed by atoms with van der Waals surface area (Å²) in [6, 6.07) is 1.97. The van der Waals surface area contributed by atoms with Crippen molar-refractivity contribution in [1.82, 2.24) is 34.6 Å². The fourth-order valence-electron chi connectivity index (χ4n) is 5.73. The second kappa shape index (κ2) is 9.20. The Bertz CT molecular complexity index is 1340. The Labute approximate surface area is 209 Å². The van der Waals surface area contributed by atoms with E-state index in [0.29, 0.717) is 0 Å². The number of aryl methyl sites for hydroxylation is 1. The van der Waals surface area contributed by atoms with Gasteiger partial charge in [-0.05, 0) is 55.8 Å². The zero-order chi connectivity index (χ0) is 23.8. The average Bonchev–Trinajstić information content (AvgIpc) is 3.69. The van der Waals surface area contributed by atoms with E-state index in [9.17, 15) is 4.79 Å². The van der Waals surface area contributed by atoms with Gasteiger partial charge in [0.25, 0.3) is 5.91 Å². The number of rotatable bonds is 6. The van der Waals surface area contributed by atoms with Gasteiger partial charge in [-0.1, -0.05) is 19.3 Å². The van der Waals surface area contributed by atoms with Crippen LogP contribution < -0.4 is 5.32 Å². The lowest BCUT2D eigenvalue weighted by molar-refractivity contribution is 0.0644. The van der Waals surface area contributed by atoms with Gasteiger partial charge in [-0.15, -0.1) is 11.3 Å². The van der Waals surface area contributed by atoms with Crippen molar-refractivity contribution in [2.45, 2.75) is 50.5 Å². The van der Waals surface area contributed by atoms with E-state index in [0.717, 1.165) is 39.3 Å². The van der Waals surface area contributed by atoms with E-state index in [1.165, 1.54) is 69.4 Å². The molecule has 182 valence electrons. The number of likely N-dealkylation sites (tertiary alicyclic amines) is 1. The minimum atomic E-state index is 0.0211. The molecule has 4 aromatic rings. The zero-order valence-electron chi connectivity index (χ0n) is 20.1. The monoisotopic (exact) mass is 489 g/mol. The molecule has 0 unspecified atom stereocenters. The number of carbonyl (C=O) groups is 1. The number of thiophene rings is 1. The number of nitrogens with one attached hydrogen (secondary N) is 1. The lowest BCUT2D eigenvalue weighted by atomic mass is 9.92. The van der Waals surface area contributed by atoms with Gasteiger partial charge < -0.3 is 5.32 Å². The lowest BCUT2D eigenvalue weighted by Gasteiger charge is -2.43. The van der Waals surface area contributed by atoms with Gasteiger partial charge in [-0.2, -0.15) is 10.2 Å². The average molecular weight is 490 g/mol. The van der Waals surface area contributed by atoms with E-state index >= 15 is 0 Å². The van der Waals surface area contributed by atoms with Gasteiger partial charge in [0, 0.05) is 54.4 Å². The van der Waals surface area contributed by atoms with Crippen molar-refractivity contribution in [2.24, 2.45) is 7.05 Å². The maximum absolute atomic E-state index is 13.1. The molecule has 2 fully saturated rings. The van der Waals surface area contributed by atoms with Crippen molar-refractivity contribution in [3.05, 3.63) is 47.3 Å². The Balaban J connectivity index is 1.18. The van der Waals surface area contributed by atoms with Crippen LogP contribution in [0, 0.1) is 0 Å². The minimum absolute atomic E-state index is 0.0211. The molecule has 5 heterocycles. The Hall–Kier alpha value is -3.04. The van der Waals surface area contributed by atoms with Crippen LogP contribution >= 0.6 is 11.3 Å². The number of piperidine rings is 1. The van der Waals surface area contributed by atoms with Gasteiger partial charge in [0.2, 0.25) is 0 Å². The molecule has 8 nitrogen and oxygen atoms in total. The van der Waals surface area contributed by atoms with Crippen LogP contribution in [0.3, 0.4) is 0 Å². The quantitative estimate of drug-likeness (QED) is 0.435. The molecule has 1 saturated heterocycles. The number of nitrogens with zero attached hydrogens (tertiary/aromatic N) is 6. The minimum Gasteiger partial charge on any atom is -0.349 e. The smallest absolute Gasteiger partial charge is 0.261 e. The molecule has 0 aromatic carbocycles. The Kier molecular flexibility index (Phi) is 5.89. The maximum atomic E-state index is 13.1. The molecule has 4 aromatic heterocycles. The predicted octanol–water partition coefficient (Wildman–Crippen LogP) is 4.39. The maximum Gasteiger partial charge on any atom is 0.261 e. The van der Waals surface area contributed by atoms with Crippen LogP contribution in [0.5, 0.6) is 0 Å². The van der Waals surface area contributed by atoms with Gasteiger partial charge in [-0.3, -0.25) is 14.4 Å². The molecule has 35 heavy (non-hydrogen) atoms. The molecule has 1 aliphatic heterocycles. The fourth-order valence-corrected chi connectivity index (χ4v) is 6.56. The van der Waals surface area contributed by atoms with Crippen LogP contribution in [0.4, 0.5) is 0 Å². The first-order valence-corrected chi connectivity index (χ1v) is 13.4. The molecule has 1 N–H and O–H groups in total. The van der Waals surface area contributed by atoms with Crippen molar-refractivity contribution >= 4 is 22.9 Å². The largest absolute Gasteiger partial charge is 0.349 e. The third-order valence-corrected chi connectivity index (χ3v) is 8.60. The van der Waals surface area contributed by atoms with Gasteiger partial charge in [0.1, 0.15) is 0 Å². The second-order valence-electron chi connectivity index (χ2n) is 9.93.